The maximum atomic E-state index is 6.50. The molecule has 0 aliphatic heterocycles. The van der Waals surface area contributed by atoms with E-state index in [1.807, 2.05) is 12.1 Å². The van der Waals surface area contributed by atoms with E-state index in [2.05, 4.69) is 33.0 Å². The molecule has 1 aliphatic carbocycles. The Balaban J connectivity index is 1.94. The summed E-state index contributed by atoms with van der Waals surface area (Å²) in [6.07, 6.45) is 4.08. The van der Waals surface area contributed by atoms with Gasteiger partial charge in [-0.05, 0) is 37.0 Å². The monoisotopic (exact) mass is 369 g/mol. The molecule has 112 valence electrons. The zero-order valence-electron chi connectivity index (χ0n) is 11.8. The van der Waals surface area contributed by atoms with Crippen LogP contribution in [0, 0.1) is 5.92 Å². The van der Waals surface area contributed by atoms with Crippen molar-refractivity contribution in [2.45, 2.75) is 38.1 Å². The summed E-state index contributed by atoms with van der Waals surface area (Å²) in [6, 6.07) is 5.54. The van der Waals surface area contributed by atoms with E-state index in [4.69, 9.17) is 21.9 Å². The predicted octanol–water partition coefficient (Wildman–Crippen LogP) is 4.52. The summed E-state index contributed by atoms with van der Waals surface area (Å²) >= 11 is 9.63. The molecule has 1 saturated carbocycles. The molecule has 21 heavy (non-hydrogen) atoms. The van der Waals surface area contributed by atoms with E-state index in [0.29, 0.717) is 22.7 Å². The van der Waals surface area contributed by atoms with Crippen molar-refractivity contribution in [3.8, 4) is 11.5 Å². The highest BCUT2D eigenvalue weighted by Gasteiger charge is 2.37. The highest BCUT2D eigenvalue weighted by atomic mass is 79.9. The van der Waals surface area contributed by atoms with Gasteiger partial charge in [-0.3, -0.25) is 0 Å². The van der Waals surface area contributed by atoms with E-state index in [9.17, 15) is 0 Å². The molecular weight excluding hydrogens is 354 g/mol. The fourth-order valence-corrected chi connectivity index (χ4v) is 3.55. The minimum Gasteiger partial charge on any atom is -0.334 e. The Kier molecular flexibility index (Phi) is 4.08. The molecule has 1 aromatic carbocycles. The Labute approximate surface area is 137 Å². The Morgan fingerprint density at radius 2 is 2.29 bits per heavy atom. The molecule has 0 radical (unpaired) electrons. The summed E-state index contributed by atoms with van der Waals surface area (Å²) in [5.41, 5.74) is 6.73. The van der Waals surface area contributed by atoms with Crippen molar-refractivity contribution >= 4 is 27.5 Å². The second kappa shape index (κ2) is 5.71. The van der Waals surface area contributed by atoms with Gasteiger partial charge in [-0.1, -0.05) is 52.5 Å². The van der Waals surface area contributed by atoms with Crippen molar-refractivity contribution < 1.29 is 4.52 Å². The quantitative estimate of drug-likeness (QED) is 0.844. The fraction of sp³-hybridized carbons (Fsp3) is 0.467. The van der Waals surface area contributed by atoms with Gasteiger partial charge in [0.2, 0.25) is 0 Å². The molecule has 1 fully saturated rings. The summed E-state index contributed by atoms with van der Waals surface area (Å²) in [5.74, 6) is 1.58. The Morgan fingerprint density at radius 1 is 1.48 bits per heavy atom. The molecular formula is C15H17BrClN3O. The van der Waals surface area contributed by atoms with Gasteiger partial charge in [-0.15, -0.1) is 0 Å². The summed E-state index contributed by atoms with van der Waals surface area (Å²) < 4.78 is 6.31. The SMILES string of the molecule is CC1CCCC(N)(c2noc(-c3cc(Br)ccc3Cl)n2)C1. The van der Waals surface area contributed by atoms with E-state index in [1.165, 1.54) is 6.42 Å². The Hall–Kier alpha value is -0.910. The Bertz CT molecular complexity index is 660. The zero-order chi connectivity index (χ0) is 15.0. The van der Waals surface area contributed by atoms with Crippen molar-refractivity contribution in [1.82, 2.24) is 10.1 Å². The van der Waals surface area contributed by atoms with Gasteiger partial charge in [-0.2, -0.15) is 4.98 Å². The van der Waals surface area contributed by atoms with Crippen LogP contribution in [0.4, 0.5) is 0 Å². The third-order valence-electron chi connectivity index (χ3n) is 4.06. The lowest BCUT2D eigenvalue weighted by molar-refractivity contribution is 0.222. The normalized spacial score (nSPS) is 26.0. The molecule has 0 bridgehead atoms. The van der Waals surface area contributed by atoms with E-state index in [0.717, 1.165) is 29.3 Å². The number of hydrogen-bond acceptors (Lipinski definition) is 4. The van der Waals surface area contributed by atoms with Crippen molar-refractivity contribution in [1.29, 1.82) is 0 Å². The smallest absolute Gasteiger partial charge is 0.259 e. The van der Waals surface area contributed by atoms with E-state index >= 15 is 0 Å². The first-order valence-electron chi connectivity index (χ1n) is 7.06. The van der Waals surface area contributed by atoms with Crippen molar-refractivity contribution in [3.05, 3.63) is 33.5 Å². The van der Waals surface area contributed by atoms with Gasteiger partial charge in [0, 0.05) is 4.47 Å². The van der Waals surface area contributed by atoms with Gasteiger partial charge < -0.3 is 10.3 Å². The lowest BCUT2D eigenvalue weighted by atomic mass is 9.76. The van der Waals surface area contributed by atoms with E-state index < -0.39 is 5.54 Å². The van der Waals surface area contributed by atoms with Gasteiger partial charge >= 0.3 is 0 Å². The van der Waals surface area contributed by atoms with E-state index in [1.54, 1.807) is 6.07 Å². The van der Waals surface area contributed by atoms with Gasteiger partial charge in [0.15, 0.2) is 5.82 Å². The standard InChI is InChI=1S/C15H17BrClN3O/c1-9-3-2-6-15(18,8-9)14-19-13(21-20-14)11-7-10(16)4-5-12(11)17/h4-5,7,9H,2-3,6,8,18H2,1H3. The minimum absolute atomic E-state index is 0.416. The molecule has 2 atom stereocenters. The van der Waals surface area contributed by atoms with Crippen LogP contribution in [-0.2, 0) is 5.54 Å². The first-order valence-corrected chi connectivity index (χ1v) is 8.23. The van der Waals surface area contributed by atoms with Crippen LogP contribution >= 0.6 is 27.5 Å². The number of hydrogen-bond donors (Lipinski definition) is 1. The van der Waals surface area contributed by atoms with Crippen LogP contribution in [0.25, 0.3) is 11.5 Å². The molecule has 2 N–H and O–H groups in total. The van der Waals surface area contributed by atoms with Crippen LogP contribution in [0.1, 0.15) is 38.4 Å². The zero-order valence-corrected chi connectivity index (χ0v) is 14.1. The van der Waals surface area contributed by atoms with E-state index in [-0.39, 0.29) is 0 Å². The third kappa shape index (κ3) is 3.00. The van der Waals surface area contributed by atoms with Crippen molar-refractivity contribution in [3.63, 3.8) is 0 Å². The number of aromatic nitrogens is 2. The molecule has 0 amide bonds. The van der Waals surface area contributed by atoms with Gasteiger partial charge in [0.25, 0.3) is 5.89 Å². The first-order chi connectivity index (χ1) is 9.98. The van der Waals surface area contributed by atoms with Gasteiger partial charge in [-0.25, -0.2) is 0 Å². The average molecular weight is 371 g/mol. The first kappa shape index (κ1) is 15.0. The topological polar surface area (TPSA) is 64.9 Å². The molecule has 2 unspecified atom stereocenters. The van der Waals surface area contributed by atoms with Gasteiger partial charge in [0.05, 0.1) is 16.1 Å². The van der Waals surface area contributed by atoms with Crippen LogP contribution in [-0.4, -0.2) is 10.1 Å². The van der Waals surface area contributed by atoms with Crippen LogP contribution in [0.2, 0.25) is 5.02 Å². The van der Waals surface area contributed by atoms with Crippen molar-refractivity contribution in [2.75, 3.05) is 0 Å². The fourth-order valence-electron chi connectivity index (χ4n) is 2.99. The molecule has 4 nitrogen and oxygen atoms in total. The number of nitrogens with zero attached hydrogens (tertiary/aromatic N) is 2. The Morgan fingerprint density at radius 3 is 3.05 bits per heavy atom. The summed E-state index contributed by atoms with van der Waals surface area (Å²) in [4.78, 5) is 4.50. The highest BCUT2D eigenvalue weighted by molar-refractivity contribution is 9.10. The minimum atomic E-state index is -0.488. The third-order valence-corrected chi connectivity index (χ3v) is 4.89. The largest absolute Gasteiger partial charge is 0.334 e. The maximum Gasteiger partial charge on any atom is 0.259 e. The number of rotatable bonds is 2. The molecule has 3 rings (SSSR count). The molecule has 6 heteroatoms. The maximum absolute atomic E-state index is 6.50. The molecule has 0 spiro atoms. The second-order valence-electron chi connectivity index (χ2n) is 5.90. The number of nitrogens with two attached hydrogens (primary N) is 1. The summed E-state index contributed by atoms with van der Waals surface area (Å²) in [7, 11) is 0. The lowest BCUT2D eigenvalue weighted by Gasteiger charge is -2.33. The average Bonchev–Trinajstić information content (AvgIpc) is 2.91. The summed E-state index contributed by atoms with van der Waals surface area (Å²) in [6.45, 7) is 2.22. The van der Waals surface area contributed by atoms with Crippen LogP contribution in [0.5, 0.6) is 0 Å². The van der Waals surface area contributed by atoms with Crippen LogP contribution < -0.4 is 5.73 Å². The predicted molar refractivity (Wildman–Crippen MR) is 85.9 cm³/mol. The molecule has 2 aromatic rings. The number of benzene rings is 1. The van der Waals surface area contributed by atoms with Crippen LogP contribution in [0.15, 0.2) is 27.2 Å². The van der Waals surface area contributed by atoms with Crippen LogP contribution in [0.3, 0.4) is 0 Å². The number of halogens is 2. The second-order valence-corrected chi connectivity index (χ2v) is 7.23. The van der Waals surface area contributed by atoms with Gasteiger partial charge in [0.1, 0.15) is 0 Å². The summed E-state index contributed by atoms with van der Waals surface area (Å²) in [5, 5.41) is 4.69. The highest BCUT2D eigenvalue weighted by Crippen LogP contribution is 2.38. The molecule has 1 aromatic heterocycles. The molecule has 1 aliphatic rings. The molecule has 0 saturated heterocycles. The van der Waals surface area contributed by atoms with Crippen molar-refractivity contribution in [2.24, 2.45) is 11.7 Å². The lowest BCUT2D eigenvalue weighted by Crippen LogP contribution is -2.42. The molecule has 1 heterocycles.